The summed E-state index contributed by atoms with van der Waals surface area (Å²) in [4.78, 5) is 0. The average molecular weight is 277 g/mol. The molecule has 0 saturated heterocycles. The van der Waals surface area contributed by atoms with E-state index in [2.05, 4.69) is 0 Å². The van der Waals surface area contributed by atoms with Crippen LogP contribution in [0, 0.1) is 11.3 Å². The van der Waals surface area contributed by atoms with E-state index in [9.17, 15) is 13.2 Å². The van der Waals surface area contributed by atoms with Crippen LogP contribution in [0.5, 0.6) is 5.75 Å². The number of alkyl halides is 3. The van der Waals surface area contributed by atoms with Crippen LogP contribution < -0.4 is 4.74 Å². The highest BCUT2D eigenvalue weighted by Gasteiger charge is 2.33. The second-order valence-corrected chi connectivity index (χ2v) is 4.07. The summed E-state index contributed by atoms with van der Waals surface area (Å²) in [5.41, 5.74) is -0.236. The highest BCUT2D eigenvalue weighted by molar-refractivity contribution is 5.75. The molecule has 0 N–H and O–H groups in total. The van der Waals surface area contributed by atoms with Gasteiger partial charge in [-0.05, 0) is 29.8 Å². The lowest BCUT2D eigenvalue weighted by Gasteiger charge is -2.15. The molecule has 102 valence electrons. The van der Waals surface area contributed by atoms with E-state index in [4.69, 9.17) is 10.00 Å². The maximum Gasteiger partial charge on any atom is 0.417 e. The quantitative estimate of drug-likeness (QED) is 0.822. The summed E-state index contributed by atoms with van der Waals surface area (Å²) in [7, 11) is 1.38. The van der Waals surface area contributed by atoms with Crippen LogP contribution in [0.4, 0.5) is 13.2 Å². The molecular formula is C15H10F3NO. The maximum atomic E-state index is 13.0. The molecule has 0 unspecified atom stereocenters. The lowest BCUT2D eigenvalue weighted by molar-refractivity contribution is -0.137. The molecule has 2 aromatic rings. The molecule has 0 aromatic heterocycles. The summed E-state index contributed by atoms with van der Waals surface area (Å²) in [6.45, 7) is 0. The molecule has 0 bridgehead atoms. The topological polar surface area (TPSA) is 33.0 Å². The van der Waals surface area contributed by atoms with Crippen molar-refractivity contribution in [2.24, 2.45) is 0 Å². The number of hydrogen-bond donors (Lipinski definition) is 0. The highest BCUT2D eigenvalue weighted by Crippen LogP contribution is 2.40. The summed E-state index contributed by atoms with van der Waals surface area (Å²) in [5, 5.41) is 8.89. The summed E-state index contributed by atoms with van der Waals surface area (Å²) in [5.74, 6) is 0.292. The second kappa shape index (κ2) is 5.25. The minimum atomic E-state index is -4.47. The van der Waals surface area contributed by atoms with E-state index in [0.29, 0.717) is 5.75 Å². The number of methoxy groups -OCH3 is 1. The van der Waals surface area contributed by atoms with E-state index in [1.54, 1.807) is 0 Å². The first-order valence-electron chi connectivity index (χ1n) is 5.72. The molecule has 0 aliphatic rings. The van der Waals surface area contributed by atoms with Gasteiger partial charge in [0.05, 0.1) is 24.3 Å². The molecule has 0 saturated carbocycles. The van der Waals surface area contributed by atoms with Gasteiger partial charge in [0.2, 0.25) is 0 Å². The van der Waals surface area contributed by atoms with E-state index in [1.807, 2.05) is 6.07 Å². The van der Waals surface area contributed by atoms with Gasteiger partial charge in [-0.25, -0.2) is 0 Å². The molecule has 0 amide bonds. The monoisotopic (exact) mass is 277 g/mol. The third-order valence-corrected chi connectivity index (χ3v) is 2.85. The fourth-order valence-electron chi connectivity index (χ4n) is 1.95. The van der Waals surface area contributed by atoms with Gasteiger partial charge in [0, 0.05) is 5.56 Å². The average Bonchev–Trinajstić information content (AvgIpc) is 2.45. The van der Waals surface area contributed by atoms with Crippen molar-refractivity contribution in [2.75, 3.05) is 7.11 Å². The molecule has 2 nitrogen and oxygen atoms in total. The lowest BCUT2D eigenvalue weighted by atomic mass is 9.97. The van der Waals surface area contributed by atoms with E-state index < -0.39 is 11.7 Å². The van der Waals surface area contributed by atoms with Crippen molar-refractivity contribution in [1.82, 2.24) is 0 Å². The predicted molar refractivity (Wildman–Crippen MR) is 68.1 cm³/mol. The number of benzene rings is 2. The molecule has 0 aliphatic carbocycles. The molecular weight excluding hydrogens is 267 g/mol. The SMILES string of the molecule is COc1ccc(C#N)cc1-c1ccccc1C(F)(F)F. The van der Waals surface area contributed by atoms with Gasteiger partial charge in [0.15, 0.2) is 0 Å². The zero-order chi connectivity index (χ0) is 14.8. The second-order valence-electron chi connectivity index (χ2n) is 4.07. The molecule has 2 aromatic carbocycles. The van der Waals surface area contributed by atoms with Crippen molar-refractivity contribution in [2.45, 2.75) is 6.18 Å². The number of ether oxygens (including phenoxy) is 1. The third kappa shape index (κ3) is 2.59. The number of halogens is 3. The predicted octanol–water partition coefficient (Wildman–Crippen LogP) is 4.25. The van der Waals surface area contributed by atoms with Gasteiger partial charge in [-0.15, -0.1) is 0 Å². The Balaban J connectivity index is 2.72. The van der Waals surface area contributed by atoms with Crippen molar-refractivity contribution >= 4 is 0 Å². The third-order valence-electron chi connectivity index (χ3n) is 2.85. The zero-order valence-corrected chi connectivity index (χ0v) is 10.5. The first-order valence-corrected chi connectivity index (χ1v) is 5.72. The van der Waals surface area contributed by atoms with Gasteiger partial charge >= 0.3 is 6.18 Å². The van der Waals surface area contributed by atoms with Crippen LogP contribution in [0.2, 0.25) is 0 Å². The standard InChI is InChI=1S/C15H10F3NO/c1-20-14-7-6-10(9-19)8-12(14)11-4-2-3-5-13(11)15(16,17)18/h2-8H,1H3. The molecule has 0 atom stereocenters. The Morgan fingerprint density at radius 3 is 2.35 bits per heavy atom. The van der Waals surface area contributed by atoms with Crippen LogP contribution in [0.1, 0.15) is 11.1 Å². The Labute approximate surface area is 114 Å². The first kappa shape index (κ1) is 13.9. The van der Waals surface area contributed by atoms with Crippen molar-refractivity contribution in [3.63, 3.8) is 0 Å². The van der Waals surface area contributed by atoms with Gasteiger partial charge in [0.25, 0.3) is 0 Å². The van der Waals surface area contributed by atoms with E-state index in [0.717, 1.165) is 6.07 Å². The van der Waals surface area contributed by atoms with Crippen molar-refractivity contribution in [3.05, 3.63) is 53.6 Å². The molecule has 20 heavy (non-hydrogen) atoms. The van der Waals surface area contributed by atoms with Crippen molar-refractivity contribution in [1.29, 1.82) is 5.26 Å². The Kier molecular flexibility index (Phi) is 3.66. The smallest absolute Gasteiger partial charge is 0.417 e. The summed E-state index contributed by atoms with van der Waals surface area (Å²) in [6, 6.07) is 11.5. The van der Waals surface area contributed by atoms with E-state index in [-0.39, 0.29) is 16.7 Å². The molecule has 5 heteroatoms. The fourth-order valence-corrected chi connectivity index (χ4v) is 1.95. The van der Waals surface area contributed by atoms with Crippen LogP contribution in [-0.2, 0) is 6.18 Å². The van der Waals surface area contributed by atoms with Crippen LogP contribution in [0.25, 0.3) is 11.1 Å². The number of hydrogen-bond acceptors (Lipinski definition) is 2. The lowest BCUT2D eigenvalue weighted by Crippen LogP contribution is -2.07. The van der Waals surface area contributed by atoms with Gasteiger partial charge < -0.3 is 4.74 Å². The summed E-state index contributed by atoms with van der Waals surface area (Å²) < 4.78 is 44.2. The number of rotatable bonds is 2. The Bertz CT molecular complexity index is 672. The van der Waals surface area contributed by atoms with Crippen LogP contribution in [0.3, 0.4) is 0 Å². The molecule has 0 radical (unpaired) electrons. The van der Waals surface area contributed by atoms with Crippen molar-refractivity contribution < 1.29 is 17.9 Å². The van der Waals surface area contributed by atoms with Gasteiger partial charge in [-0.1, -0.05) is 18.2 Å². The molecule has 0 spiro atoms. The Morgan fingerprint density at radius 1 is 1.05 bits per heavy atom. The van der Waals surface area contributed by atoms with Crippen LogP contribution >= 0.6 is 0 Å². The Morgan fingerprint density at radius 2 is 1.75 bits per heavy atom. The first-order chi connectivity index (χ1) is 9.47. The molecule has 2 rings (SSSR count). The molecule has 0 aliphatic heterocycles. The van der Waals surface area contributed by atoms with Crippen LogP contribution in [-0.4, -0.2) is 7.11 Å². The zero-order valence-electron chi connectivity index (χ0n) is 10.5. The van der Waals surface area contributed by atoms with Gasteiger partial charge in [-0.2, -0.15) is 18.4 Å². The van der Waals surface area contributed by atoms with Crippen molar-refractivity contribution in [3.8, 4) is 22.9 Å². The highest BCUT2D eigenvalue weighted by atomic mass is 19.4. The van der Waals surface area contributed by atoms with Crippen LogP contribution in [0.15, 0.2) is 42.5 Å². The minimum Gasteiger partial charge on any atom is -0.496 e. The van der Waals surface area contributed by atoms with Gasteiger partial charge in [0.1, 0.15) is 5.75 Å². The van der Waals surface area contributed by atoms with Gasteiger partial charge in [-0.3, -0.25) is 0 Å². The Hall–Kier alpha value is -2.48. The summed E-state index contributed by atoms with van der Waals surface area (Å²) in [6.07, 6.45) is -4.47. The van der Waals surface area contributed by atoms with E-state index >= 15 is 0 Å². The number of nitriles is 1. The van der Waals surface area contributed by atoms with E-state index in [1.165, 1.54) is 43.5 Å². The normalized spacial score (nSPS) is 10.9. The molecule has 0 heterocycles. The molecule has 0 fully saturated rings. The summed E-state index contributed by atoms with van der Waals surface area (Å²) >= 11 is 0. The minimum absolute atomic E-state index is 0.00560. The fraction of sp³-hybridized carbons (Fsp3) is 0.133. The largest absolute Gasteiger partial charge is 0.496 e. The maximum absolute atomic E-state index is 13.0. The number of nitrogens with zero attached hydrogens (tertiary/aromatic N) is 1.